The van der Waals surface area contributed by atoms with Crippen molar-refractivity contribution in [1.82, 2.24) is 10.6 Å². The van der Waals surface area contributed by atoms with Crippen LogP contribution in [0, 0.1) is 0 Å². The average Bonchev–Trinajstić information content (AvgIpc) is 3.12. The Morgan fingerprint density at radius 2 is 1.67 bits per heavy atom. The van der Waals surface area contributed by atoms with Gasteiger partial charge in [0.25, 0.3) is 0 Å². The van der Waals surface area contributed by atoms with Crippen LogP contribution in [-0.2, 0) is 0 Å². The van der Waals surface area contributed by atoms with Crippen molar-refractivity contribution in [3.05, 3.63) is 35.4 Å². The van der Waals surface area contributed by atoms with Crippen molar-refractivity contribution in [2.45, 2.75) is 6.04 Å². The van der Waals surface area contributed by atoms with Gasteiger partial charge in [0.15, 0.2) is 23.0 Å². The van der Waals surface area contributed by atoms with Crippen LogP contribution in [0.25, 0.3) is 0 Å². The van der Waals surface area contributed by atoms with Crippen molar-refractivity contribution in [3.63, 3.8) is 0 Å². The monoisotopic (exact) mass is 376 g/mol. The first-order valence-electron chi connectivity index (χ1n) is 8.04. The van der Waals surface area contributed by atoms with Crippen LogP contribution in [0.3, 0.4) is 0 Å². The van der Waals surface area contributed by atoms with E-state index in [0.717, 1.165) is 0 Å². The van der Waals surface area contributed by atoms with Gasteiger partial charge < -0.3 is 39.8 Å². The molecule has 0 saturated carbocycles. The third-order valence-electron chi connectivity index (χ3n) is 4.17. The SMILES string of the molecule is CNC(=O)N[C@H](c1cc(OC)c(O)c(OC)c1)c1cc2c(cc1O)OCO2. The van der Waals surface area contributed by atoms with Crippen LogP contribution in [0.4, 0.5) is 4.79 Å². The summed E-state index contributed by atoms with van der Waals surface area (Å²) in [5.41, 5.74) is 0.886. The van der Waals surface area contributed by atoms with Gasteiger partial charge in [0.05, 0.1) is 20.3 Å². The van der Waals surface area contributed by atoms with E-state index in [4.69, 9.17) is 18.9 Å². The molecule has 2 aromatic rings. The van der Waals surface area contributed by atoms with E-state index in [-0.39, 0.29) is 29.8 Å². The van der Waals surface area contributed by atoms with Gasteiger partial charge in [0.1, 0.15) is 5.75 Å². The summed E-state index contributed by atoms with van der Waals surface area (Å²) < 4.78 is 21.0. The molecule has 9 nitrogen and oxygen atoms in total. The molecule has 0 aromatic heterocycles. The fourth-order valence-corrected chi connectivity index (χ4v) is 2.80. The molecule has 3 rings (SSSR count). The summed E-state index contributed by atoms with van der Waals surface area (Å²) in [6.07, 6.45) is 0. The van der Waals surface area contributed by atoms with E-state index in [0.29, 0.717) is 22.6 Å². The third-order valence-corrected chi connectivity index (χ3v) is 4.17. The van der Waals surface area contributed by atoms with Crippen molar-refractivity contribution in [3.8, 4) is 34.5 Å². The number of phenols is 2. The van der Waals surface area contributed by atoms with Gasteiger partial charge in [0.2, 0.25) is 12.5 Å². The van der Waals surface area contributed by atoms with Crippen LogP contribution in [0.2, 0.25) is 0 Å². The second-order valence-electron chi connectivity index (χ2n) is 5.69. The molecule has 1 aliphatic heterocycles. The van der Waals surface area contributed by atoms with Gasteiger partial charge >= 0.3 is 6.03 Å². The smallest absolute Gasteiger partial charge is 0.315 e. The number of hydrogen-bond donors (Lipinski definition) is 4. The predicted molar refractivity (Wildman–Crippen MR) is 94.9 cm³/mol. The van der Waals surface area contributed by atoms with Crippen LogP contribution in [0.1, 0.15) is 17.2 Å². The number of benzene rings is 2. The van der Waals surface area contributed by atoms with Gasteiger partial charge in [-0.1, -0.05) is 0 Å². The van der Waals surface area contributed by atoms with Crippen molar-refractivity contribution < 1.29 is 34.0 Å². The minimum atomic E-state index is -0.789. The van der Waals surface area contributed by atoms with E-state index in [1.165, 1.54) is 27.3 Å². The first kappa shape index (κ1) is 18.3. The van der Waals surface area contributed by atoms with Crippen molar-refractivity contribution >= 4 is 6.03 Å². The standard InChI is InChI=1S/C18H20N2O7/c1-19-18(23)20-16(9-4-14(24-2)17(22)15(5-9)25-3)10-6-12-13(7-11(10)21)27-8-26-12/h4-7,16,21-22H,8H2,1-3H3,(H2,19,20,23)/t16-/m1/s1. The molecule has 0 bridgehead atoms. The third kappa shape index (κ3) is 3.43. The number of carbonyl (C=O) groups excluding carboxylic acids is 1. The van der Waals surface area contributed by atoms with Crippen LogP contribution < -0.4 is 29.6 Å². The van der Waals surface area contributed by atoms with Gasteiger partial charge in [-0.25, -0.2) is 4.79 Å². The summed E-state index contributed by atoms with van der Waals surface area (Å²) in [5, 5.41) is 25.8. The minimum absolute atomic E-state index is 0.0482. The van der Waals surface area contributed by atoms with Crippen molar-refractivity contribution in [2.24, 2.45) is 0 Å². The van der Waals surface area contributed by atoms with Crippen molar-refractivity contribution in [2.75, 3.05) is 28.1 Å². The van der Waals surface area contributed by atoms with E-state index in [9.17, 15) is 15.0 Å². The molecular weight excluding hydrogens is 356 g/mol. The number of fused-ring (bicyclic) bond motifs is 1. The molecule has 4 N–H and O–H groups in total. The van der Waals surface area contributed by atoms with E-state index >= 15 is 0 Å². The molecule has 0 aliphatic carbocycles. The number of ether oxygens (including phenoxy) is 4. The summed E-state index contributed by atoms with van der Waals surface area (Å²) in [6, 6.07) is 4.84. The summed E-state index contributed by atoms with van der Waals surface area (Å²) in [5.74, 6) is 0.922. The number of urea groups is 1. The van der Waals surface area contributed by atoms with Crippen LogP contribution in [-0.4, -0.2) is 44.3 Å². The van der Waals surface area contributed by atoms with E-state index in [1.807, 2.05) is 0 Å². The van der Waals surface area contributed by atoms with Crippen molar-refractivity contribution in [1.29, 1.82) is 0 Å². The van der Waals surface area contributed by atoms with E-state index in [1.54, 1.807) is 18.2 Å². The van der Waals surface area contributed by atoms with Gasteiger partial charge in [-0.15, -0.1) is 0 Å². The van der Waals surface area contributed by atoms with Crippen LogP contribution >= 0.6 is 0 Å². The maximum Gasteiger partial charge on any atom is 0.315 e. The Morgan fingerprint density at radius 1 is 1.07 bits per heavy atom. The summed E-state index contributed by atoms with van der Waals surface area (Å²) in [7, 11) is 4.28. The molecule has 2 aromatic carbocycles. The zero-order valence-corrected chi connectivity index (χ0v) is 15.0. The van der Waals surface area contributed by atoms with Gasteiger partial charge in [-0.3, -0.25) is 0 Å². The number of methoxy groups -OCH3 is 2. The molecule has 1 atom stereocenters. The highest BCUT2D eigenvalue weighted by Crippen LogP contribution is 2.44. The summed E-state index contributed by atoms with van der Waals surface area (Å²) >= 11 is 0. The quantitative estimate of drug-likeness (QED) is 0.629. The zero-order chi connectivity index (χ0) is 19.6. The molecule has 0 fully saturated rings. The fourth-order valence-electron chi connectivity index (χ4n) is 2.80. The normalized spacial score (nSPS) is 13.0. The Kier molecular flexibility index (Phi) is 5.02. The lowest BCUT2D eigenvalue weighted by Crippen LogP contribution is -2.36. The Labute approximate surface area is 155 Å². The molecule has 0 radical (unpaired) electrons. The Hall–Kier alpha value is -3.49. The molecule has 1 heterocycles. The predicted octanol–water partition coefficient (Wildman–Crippen LogP) is 1.86. The number of aromatic hydroxyl groups is 2. The maximum atomic E-state index is 12.0. The number of rotatable bonds is 5. The molecule has 144 valence electrons. The van der Waals surface area contributed by atoms with Gasteiger partial charge in [-0.2, -0.15) is 0 Å². The number of hydrogen-bond acceptors (Lipinski definition) is 7. The Morgan fingerprint density at radius 3 is 2.22 bits per heavy atom. The zero-order valence-electron chi connectivity index (χ0n) is 15.0. The van der Waals surface area contributed by atoms with Crippen LogP contribution in [0.5, 0.6) is 34.5 Å². The summed E-state index contributed by atoms with van der Waals surface area (Å²) in [6.45, 7) is 0.0482. The van der Waals surface area contributed by atoms with Crippen LogP contribution in [0.15, 0.2) is 24.3 Å². The van der Waals surface area contributed by atoms with E-state index in [2.05, 4.69) is 10.6 Å². The number of nitrogens with one attached hydrogen (secondary N) is 2. The highest BCUT2D eigenvalue weighted by atomic mass is 16.7. The molecule has 1 aliphatic rings. The highest BCUT2D eigenvalue weighted by Gasteiger charge is 2.26. The van der Waals surface area contributed by atoms with E-state index < -0.39 is 12.1 Å². The largest absolute Gasteiger partial charge is 0.507 e. The average molecular weight is 376 g/mol. The number of carbonyl (C=O) groups is 1. The number of phenolic OH excluding ortho intramolecular Hbond substituents is 2. The number of amides is 2. The second-order valence-corrected chi connectivity index (χ2v) is 5.69. The first-order chi connectivity index (χ1) is 13.0. The lowest BCUT2D eigenvalue weighted by Gasteiger charge is -2.22. The minimum Gasteiger partial charge on any atom is -0.507 e. The Bertz CT molecular complexity index is 844. The second kappa shape index (κ2) is 7.40. The summed E-state index contributed by atoms with van der Waals surface area (Å²) in [4.78, 5) is 12.0. The first-order valence-corrected chi connectivity index (χ1v) is 8.04. The molecule has 9 heteroatoms. The molecule has 2 amide bonds. The van der Waals surface area contributed by atoms with Gasteiger partial charge in [0, 0.05) is 18.7 Å². The molecule has 0 unspecified atom stereocenters. The van der Waals surface area contributed by atoms with Gasteiger partial charge in [-0.05, 0) is 23.8 Å². The fraction of sp³-hybridized carbons (Fsp3) is 0.278. The Balaban J connectivity index is 2.14. The maximum absolute atomic E-state index is 12.0. The lowest BCUT2D eigenvalue weighted by atomic mass is 9.96. The molecule has 0 spiro atoms. The lowest BCUT2D eigenvalue weighted by molar-refractivity contribution is 0.174. The molecular formula is C18H20N2O7. The highest BCUT2D eigenvalue weighted by molar-refractivity contribution is 5.75. The molecule has 27 heavy (non-hydrogen) atoms. The molecule has 0 saturated heterocycles. The topological polar surface area (TPSA) is 119 Å².